The summed E-state index contributed by atoms with van der Waals surface area (Å²) in [4.78, 5) is 16.3. The number of halogens is 1. The highest BCUT2D eigenvalue weighted by molar-refractivity contribution is 7.92. The molecule has 0 atom stereocenters. The first-order valence-electron chi connectivity index (χ1n) is 8.52. The van der Waals surface area contributed by atoms with Gasteiger partial charge in [0.1, 0.15) is 6.54 Å². The maximum atomic E-state index is 13.1. The lowest BCUT2D eigenvalue weighted by Gasteiger charge is -2.23. The van der Waals surface area contributed by atoms with Gasteiger partial charge in [0, 0.05) is 23.0 Å². The molecule has 0 spiro atoms. The zero-order valence-electron chi connectivity index (χ0n) is 15.1. The monoisotopic (exact) mass is 428 g/mol. The molecule has 1 heterocycles. The molecule has 0 radical (unpaired) electrons. The predicted octanol–water partition coefficient (Wildman–Crippen LogP) is 3.08. The average Bonchev–Trinajstić information content (AvgIpc) is 2.73. The molecule has 0 aliphatic rings. The van der Waals surface area contributed by atoms with Crippen molar-refractivity contribution in [2.75, 3.05) is 10.8 Å². The van der Waals surface area contributed by atoms with Crippen molar-refractivity contribution in [3.63, 3.8) is 0 Å². The van der Waals surface area contributed by atoms with Crippen LogP contribution >= 0.6 is 11.6 Å². The molecule has 0 aliphatic heterocycles. The number of nitrogens with zero attached hydrogens (tertiary/aromatic N) is 3. The number of carbonyl (C=O) groups excluding carboxylic acids is 1. The summed E-state index contributed by atoms with van der Waals surface area (Å²) >= 11 is 5.86. The van der Waals surface area contributed by atoms with Crippen LogP contribution in [0.5, 0.6) is 0 Å². The van der Waals surface area contributed by atoms with E-state index in [0.717, 1.165) is 4.31 Å². The number of sulfonamides is 1. The molecule has 0 saturated carbocycles. The summed E-state index contributed by atoms with van der Waals surface area (Å²) in [5.74, 6) is -0.591. The van der Waals surface area contributed by atoms with Gasteiger partial charge in [-0.3, -0.25) is 14.1 Å². The number of nitrogens with one attached hydrogen (secondary N) is 1. The Morgan fingerprint density at radius 3 is 2.45 bits per heavy atom. The fraction of sp³-hybridized carbons (Fsp3) is 0.0500. The number of carbonyl (C=O) groups is 1. The fourth-order valence-electron chi connectivity index (χ4n) is 2.44. The van der Waals surface area contributed by atoms with Gasteiger partial charge in [0.2, 0.25) is 0 Å². The maximum Gasteiger partial charge on any atom is 0.264 e. The lowest BCUT2D eigenvalue weighted by molar-refractivity contribution is -0.119. The molecule has 1 aromatic heterocycles. The van der Waals surface area contributed by atoms with Crippen molar-refractivity contribution in [3.05, 3.63) is 89.7 Å². The Morgan fingerprint density at radius 1 is 1.07 bits per heavy atom. The van der Waals surface area contributed by atoms with Gasteiger partial charge in [-0.25, -0.2) is 13.8 Å². The zero-order valence-corrected chi connectivity index (χ0v) is 16.7. The molecule has 0 bridgehead atoms. The number of para-hydroxylation sites is 1. The molecular formula is C20H17ClN4O3S. The van der Waals surface area contributed by atoms with Crippen LogP contribution in [0.3, 0.4) is 0 Å². The van der Waals surface area contributed by atoms with E-state index < -0.39 is 22.5 Å². The van der Waals surface area contributed by atoms with Crippen LogP contribution in [0.15, 0.2) is 89.1 Å². The number of hydrogen-bond acceptors (Lipinski definition) is 5. The molecule has 148 valence electrons. The van der Waals surface area contributed by atoms with Crippen LogP contribution in [0.2, 0.25) is 5.02 Å². The third kappa shape index (κ3) is 5.40. The van der Waals surface area contributed by atoms with Crippen LogP contribution in [0.25, 0.3) is 0 Å². The Morgan fingerprint density at radius 2 is 1.79 bits per heavy atom. The molecule has 2 aromatic carbocycles. The Bertz CT molecular complexity index is 1090. The number of hydrazone groups is 1. The summed E-state index contributed by atoms with van der Waals surface area (Å²) in [6, 6.07) is 17.6. The van der Waals surface area contributed by atoms with E-state index in [0.29, 0.717) is 16.3 Å². The molecule has 9 heteroatoms. The molecular weight excluding hydrogens is 412 g/mol. The fourth-order valence-corrected chi connectivity index (χ4v) is 3.99. The first-order chi connectivity index (χ1) is 14.0. The van der Waals surface area contributed by atoms with Crippen molar-refractivity contribution in [1.29, 1.82) is 0 Å². The predicted molar refractivity (Wildman–Crippen MR) is 112 cm³/mol. The van der Waals surface area contributed by atoms with Crippen molar-refractivity contribution in [3.8, 4) is 0 Å². The number of aromatic nitrogens is 1. The van der Waals surface area contributed by atoms with Gasteiger partial charge in [-0.15, -0.1) is 0 Å². The van der Waals surface area contributed by atoms with Gasteiger partial charge < -0.3 is 0 Å². The zero-order chi connectivity index (χ0) is 20.7. The molecule has 3 aromatic rings. The first kappa shape index (κ1) is 20.5. The highest BCUT2D eigenvalue weighted by atomic mass is 35.5. The van der Waals surface area contributed by atoms with Crippen molar-refractivity contribution in [1.82, 2.24) is 10.4 Å². The Kier molecular flexibility index (Phi) is 6.58. The van der Waals surface area contributed by atoms with E-state index in [2.05, 4.69) is 15.5 Å². The largest absolute Gasteiger partial charge is 0.271 e. The topological polar surface area (TPSA) is 91.7 Å². The molecule has 0 fully saturated rings. The molecule has 29 heavy (non-hydrogen) atoms. The highest BCUT2D eigenvalue weighted by Gasteiger charge is 2.27. The normalized spacial score (nSPS) is 11.3. The number of rotatable bonds is 7. The van der Waals surface area contributed by atoms with E-state index in [1.54, 1.807) is 54.9 Å². The highest BCUT2D eigenvalue weighted by Crippen LogP contribution is 2.24. The molecule has 0 saturated heterocycles. The van der Waals surface area contributed by atoms with Crippen molar-refractivity contribution >= 4 is 39.4 Å². The van der Waals surface area contributed by atoms with E-state index in [9.17, 15) is 13.2 Å². The average molecular weight is 429 g/mol. The summed E-state index contributed by atoms with van der Waals surface area (Å²) in [6.45, 7) is -0.445. The second-order valence-electron chi connectivity index (χ2n) is 5.88. The first-order valence-corrected chi connectivity index (χ1v) is 10.3. The quantitative estimate of drug-likeness (QED) is 0.462. The van der Waals surface area contributed by atoms with Gasteiger partial charge in [0.05, 0.1) is 16.8 Å². The second kappa shape index (κ2) is 9.31. The summed E-state index contributed by atoms with van der Waals surface area (Å²) in [5, 5.41) is 4.27. The Balaban J connectivity index is 1.82. The van der Waals surface area contributed by atoms with Gasteiger partial charge in [0.15, 0.2) is 0 Å². The van der Waals surface area contributed by atoms with Crippen LogP contribution in [-0.4, -0.2) is 32.1 Å². The summed E-state index contributed by atoms with van der Waals surface area (Å²) in [7, 11) is -3.99. The minimum atomic E-state index is -3.99. The van der Waals surface area contributed by atoms with Gasteiger partial charge >= 0.3 is 0 Å². The smallest absolute Gasteiger partial charge is 0.264 e. The van der Waals surface area contributed by atoms with Crippen molar-refractivity contribution in [2.24, 2.45) is 5.10 Å². The number of pyridine rings is 1. The molecule has 7 nitrogen and oxygen atoms in total. The van der Waals surface area contributed by atoms with E-state index in [-0.39, 0.29) is 4.90 Å². The number of benzene rings is 2. The maximum absolute atomic E-state index is 13.1. The lowest BCUT2D eigenvalue weighted by atomic mass is 10.3. The van der Waals surface area contributed by atoms with Crippen molar-refractivity contribution < 1.29 is 13.2 Å². The Labute approximate surface area is 173 Å². The third-order valence-corrected chi connectivity index (χ3v) is 5.86. The van der Waals surface area contributed by atoms with E-state index in [4.69, 9.17) is 11.6 Å². The van der Waals surface area contributed by atoms with E-state index >= 15 is 0 Å². The molecule has 0 unspecified atom stereocenters. The molecule has 1 amide bonds. The Hall–Kier alpha value is -3.23. The minimum Gasteiger partial charge on any atom is -0.271 e. The van der Waals surface area contributed by atoms with E-state index in [1.165, 1.54) is 30.5 Å². The second-order valence-corrected chi connectivity index (χ2v) is 8.18. The van der Waals surface area contributed by atoms with Gasteiger partial charge in [-0.05, 0) is 42.5 Å². The molecule has 1 N–H and O–H groups in total. The van der Waals surface area contributed by atoms with Crippen LogP contribution in [-0.2, 0) is 14.8 Å². The van der Waals surface area contributed by atoms with Crippen LogP contribution in [0.1, 0.15) is 5.56 Å². The summed E-state index contributed by atoms with van der Waals surface area (Å²) in [6.07, 6.45) is 4.62. The summed E-state index contributed by atoms with van der Waals surface area (Å²) < 4.78 is 27.3. The van der Waals surface area contributed by atoms with Crippen LogP contribution < -0.4 is 9.73 Å². The SMILES string of the molecule is O=C(CN(c1ccccc1)S(=O)(=O)c1ccc(Cl)cc1)N/N=C\c1cccnc1. The summed E-state index contributed by atoms with van der Waals surface area (Å²) in [5.41, 5.74) is 3.39. The minimum absolute atomic E-state index is 0.0254. The standard InChI is InChI=1S/C20H17ClN4O3S/c21-17-8-10-19(11-9-17)29(27,28)25(18-6-2-1-3-7-18)15-20(26)24-23-14-16-5-4-12-22-13-16/h1-14H,15H2,(H,24,26)/b23-14-. The van der Waals surface area contributed by atoms with Gasteiger partial charge in [0.25, 0.3) is 15.9 Å². The van der Waals surface area contributed by atoms with Crippen molar-refractivity contribution in [2.45, 2.75) is 4.90 Å². The van der Waals surface area contributed by atoms with Crippen LogP contribution in [0.4, 0.5) is 5.69 Å². The van der Waals surface area contributed by atoms with Gasteiger partial charge in [-0.1, -0.05) is 35.9 Å². The number of anilines is 1. The van der Waals surface area contributed by atoms with Gasteiger partial charge in [-0.2, -0.15) is 5.10 Å². The molecule has 0 aliphatic carbocycles. The van der Waals surface area contributed by atoms with Crippen LogP contribution in [0, 0.1) is 0 Å². The van der Waals surface area contributed by atoms with E-state index in [1.807, 2.05) is 0 Å². The number of hydrogen-bond donors (Lipinski definition) is 1. The molecule has 3 rings (SSSR count). The number of amides is 1. The lowest BCUT2D eigenvalue weighted by Crippen LogP contribution is -2.39. The third-order valence-electron chi connectivity index (χ3n) is 3.82.